The van der Waals surface area contributed by atoms with Crippen LogP contribution >= 0.6 is 0 Å². The van der Waals surface area contributed by atoms with Gasteiger partial charge in [0.25, 0.3) is 0 Å². The quantitative estimate of drug-likeness (QED) is 0.394. The Kier molecular flexibility index (Phi) is 3.80. The molecule has 0 aliphatic heterocycles. The predicted molar refractivity (Wildman–Crippen MR) is 90.8 cm³/mol. The Morgan fingerprint density at radius 3 is 2.43 bits per heavy atom. The van der Waals surface area contributed by atoms with Gasteiger partial charge in [-0.05, 0) is 19.2 Å². The highest BCUT2D eigenvalue weighted by Gasteiger charge is 2.27. The van der Waals surface area contributed by atoms with E-state index in [0.717, 1.165) is 0 Å². The number of fused-ring (bicyclic) bond motifs is 2. The number of nitrogens with one attached hydrogen (secondary N) is 3. The Bertz CT molecular complexity index is 826. The first-order valence-electron chi connectivity index (χ1n) is 7.36. The van der Waals surface area contributed by atoms with Gasteiger partial charge >= 0.3 is 0 Å². The van der Waals surface area contributed by atoms with Crippen LogP contribution < -0.4 is 5.32 Å². The van der Waals surface area contributed by atoms with Gasteiger partial charge in [0.1, 0.15) is 5.84 Å². The molecule has 0 amide bonds. The minimum absolute atomic E-state index is 0.0618. The van der Waals surface area contributed by atoms with Gasteiger partial charge in [-0.3, -0.25) is 15.6 Å². The summed E-state index contributed by atoms with van der Waals surface area (Å²) >= 11 is 0. The van der Waals surface area contributed by atoms with Gasteiger partial charge in [0.15, 0.2) is 5.78 Å². The van der Waals surface area contributed by atoms with Crippen LogP contribution in [0, 0.1) is 10.8 Å². The van der Waals surface area contributed by atoms with E-state index in [4.69, 9.17) is 10.8 Å². The second-order valence-corrected chi connectivity index (χ2v) is 5.57. The molecule has 0 saturated heterocycles. The van der Waals surface area contributed by atoms with Crippen LogP contribution in [0.5, 0.6) is 0 Å². The summed E-state index contributed by atoms with van der Waals surface area (Å²) in [7, 11) is 3.64. The Morgan fingerprint density at radius 2 is 1.74 bits per heavy atom. The first-order valence-corrected chi connectivity index (χ1v) is 7.36. The molecule has 116 valence electrons. The number of ketones is 1. The average Bonchev–Trinajstić information content (AvgIpc) is 2.58. The van der Waals surface area contributed by atoms with Crippen LogP contribution in [0.1, 0.15) is 32.6 Å². The lowest BCUT2D eigenvalue weighted by Gasteiger charge is -2.23. The summed E-state index contributed by atoms with van der Waals surface area (Å²) in [5.41, 5.74) is 3.37. The van der Waals surface area contributed by atoms with Crippen molar-refractivity contribution in [2.75, 3.05) is 20.8 Å². The summed E-state index contributed by atoms with van der Waals surface area (Å²) < 4.78 is 0. The van der Waals surface area contributed by atoms with Crippen molar-refractivity contribution in [2.45, 2.75) is 0 Å². The number of hydrogen-bond donors (Lipinski definition) is 3. The highest BCUT2D eigenvalue weighted by molar-refractivity contribution is 6.29. The van der Waals surface area contributed by atoms with Crippen LogP contribution in [0.2, 0.25) is 0 Å². The summed E-state index contributed by atoms with van der Waals surface area (Å²) in [6.07, 6.45) is 0. The Balaban J connectivity index is 2.05. The average molecular weight is 306 g/mol. The lowest BCUT2D eigenvalue weighted by Crippen LogP contribution is -2.34. The fourth-order valence-electron chi connectivity index (χ4n) is 2.82. The monoisotopic (exact) mass is 306 g/mol. The highest BCUT2D eigenvalue weighted by Crippen LogP contribution is 2.28. The van der Waals surface area contributed by atoms with E-state index in [1.807, 2.05) is 26.2 Å². The highest BCUT2D eigenvalue weighted by atomic mass is 16.1. The minimum atomic E-state index is -0.0618. The predicted octanol–water partition coefficient (Wildman–Crippen LogP) is 2.08. The summed E-state index contributed by atoms with van der Waals surface area (Å²) in [6, 6.07) is 12.4. The molecule has 1 aliphatic carbocycles. The normalized spacial score (nSPS) is 12.6. The number of benzene rings is 2. The largest absolute Gasteiger partial charge is 0.347 e. The van der Waals surface area contributed by atoms with Crippen LogP contribution in [0.15, 0.2) is 42.5 Å². The number of hydrogen-bond acceptors (Lipinski definition) is 4. The van der Waals surface area contributed by atoms with Crippen LogP contribution in [0.25, 0.3) is 0 Å². The van der Waals surface area contributed by atoms with Gasteiger partial charge in [0.2, 0.25) is 0 Å². The first-order chi connectivity index (χ1) is 11.0. The van der Waals surface area contributed by atoms with Gasteiger partial charge in [0, 0.05) is 34.9 Å². The summed E-state index contributed by atoms with van der Waals surface area (Å²) in [4.78, 5) is 14.4. The van der Waals surface area contributed by atoms with Gasteiger partial charge in [-0.15, -0.1) is 0 Å². The first kappa shape index (κ1) is 15.1. The van der Waals surface area contributed by atoms with Crippen molar-refractivity contribution in [3.63, 3.8) is 0 Å². The van der Waals surface area contributed by atoms with Crippen molar-refractivity contribution in [3.8, 4) is 0 Å². The van der Waals surface area contributed by atoms with Gasteiger partial charge in [-0.1, -0.05) is 30.3 Å². The topological polar surface area (TPSA) is 80.0 Å². The number of nitrogens with zero attached hydrogens (tertiary/aromatic N) is 1. The molecule has 0 atom stereocenters. The minimum Gasteiger partial charge on any atom is -0.347 e. The summed E-state index contributed by atoms with van der Waals surface area (Å²) in [5.74, 6) is 0.287. The van der Waals surface area contributed by atoms with Crippen LogP contribution in [0.4, 0.5) is 0 Å². The van der Waals surface area contributed by atoms with Crippen molar-refractivity contribution < 1.29 is 4.79 Å². The summed E-state index contributed by atoms with van der Waals surface area (Å²) in [5, 5.41) is 19.7. The van der Waals surface area contributed by atoms with E-state index in [1.54, 1.807) is 35.2 Å². The van der Waals surface area contributed by atoms with E-state index in [0.29, 0.717) is 46.0 Å². The molecule has 2 aromatic rings. The molecule has 3 rings (SSSR count). The van der Waals surface area contributed by atoms with Crippen molar-refractivity contribution in [2.24, 2.45) is 0 Å². The zero-order valence-electron chi connectivity index (χ0n) is 13.1. The molecule has 0 fully saturated rings. The Hall–Kier alpha value is -2.79. The standard InChI is InChI=1S/C18H18N4O/c1-21-10-22(2)18(20)11-7-8-14-15(9-11)16(19)12-5-3-4-6-13(12)17(14)23/h3-9,19-21H,10H2,1-2H3. The number of rotatable bonds is 3. The van der Waals surface area contributed by atoms with E-state index in [2.05, 4.69) is 5.32 Å². The molecule has 5 heteroatoms. The molecule has 1 aliphatic rings. The van der Waals surface area contributed by atoms with Crippen molar-refractivity contribution >= 4 is 17.3 Å². The zero-order valence-corrected chi connectivity index (χ0v) is 13.1. The third-order valence-corrected chi connectivity index (χ3v) is 4.03. The molecule has 0 saturated carbocycles. The fraction of sp³-hybridized carbons (Fsp3) is 0.167. The maximum atomic E-state index is 12.6. The number of amidine groups is 1. The van der Waals surface area contributed by atoms with Crippen LogP contribution in [0.3, 0.4) is 0 Å². The SMILES string of the molecule is CNCN(C)C(=N)c1ccc2c(c1)C(=N)c1ccccc1C2=O. The fourth-order valence-corrected chi connectivity index (χ4v) is 2.82. The molecular formula is C18H18N4O. The maximum Gasteiger partial charge on any atom is 0.194 e. The van der Waals surface area contributed by atoms with Crippen LogP contribution in [-0.4, -0.2) is 43.0 Å². The van der Waals surface area contributed by atoms with Gasteiger partial charge in [-0.25, -0.2) is 0 Å². The van der Waals surface area contributed by atoms with Crippen molar-refractivity contribution in [1.29, 1.82) is 10.8 Å². The molecule has 0 aromatic heterocycles. The van der Waals surface area contributed by atoms with E-state index in [-0.39, 0.29) is 5.78 Å². The molecule has 23 heavy (non-hydrogen) atoms. The molecule has 2 aromatic carbocycles. The maximum absolute atomic E-state index is 12.6. The number of carbonyl (C=O) groups excluding carboxylic acids is 1. The van der Waals surface area contributed by atoms with E-state index in [9.17, 15) is 4.79 Å². The molecule has 3 N–H and O–H groups in total. The zero-order chi connectivity index (χ0) is 16.6. The van der Waals surface area contributed by atoms with Gasteiger partial charge in [0.05, 0.1) is 12.4 Å². The van der Waals surface area contributed by atoms with E-state index >= 15 is 0 Å². The Morgan fingerprint density at radius 1 is 1.09 bits per heavy atom. The lowest BCUT2D eigenvalue weighted by molar-refractivity contribution is 0.103. The summed E-state index contributed by atoms with van der Waals surface area (Å²) in [6.45, 7) is 0.551. The van der Waals surface area contributed by atoms with E-state index in [1.165, 1.54) is 0 Å². The van der Waals surface area contributed by atoms with E-state index < -0.39 is 0 Å². The number of carbonyl (C=O) groups is 1. The van der Waals surface area contributed by atoms with Crippen molar-refractivity contribution in [1.82, 2.24) is 10.2 Å². The third kappa shape index (κ3) is 2.45. The molecule has 0 spiro atoms. The molecular weight excluding hydrogens is 288 g/mol. The smallest absolute Gasteiger partial charge is 0.194 e. The van der Waals surface area contributed by atoms with Crippen molar-refractivity contribution in [3.05, 3.63) is 70.3 Å². The Labute approximate surface area is 135 Å². The molecule has 0 radical (unpaired) electrons. The third-order valence-electron chi connectivity index (χ3n) is 4.03. The van der Waals surface area contributed by atoms with Gasteiger partial charge < -0.3 is 10.2 Å². The molecule has 0 unspecified atom stereocenters. The molecule has 0 bridgehead atoms. The second kappa shape index (κ2) is 5.78. The molecule has 5 nitrogen and oxygen atoms in total. The lowest BCUT2D eigenvalue weighted by atomic mass is 9.83. The molecule has 0 heterocycles. The van der Waals surface area contributed by atoms with Gasteiger partial charge in [-0.2, -0.15) is 0 Å². The second-order valence-electron chi connectivity index (χ2n) is 5.57. The van der Waals surface area contributed by atoms with Crippen LogP contribution in [-0.2, 0) is 0 Å².